The minimum Gasteiger partial charge on any atom is -0.394 e. The lowest BCUT2D eigenvalue weighted by Crippen LogP contribution is -2.11. The van der Waals surface area contributed by atoms with Crippen molar-refractivity contribution in [3.8, 4) is 0 Å². The van der Waals surface area contributed by atoms with E-state index < -0.39 is 0 Å². The Kier molecular flexibility index (Phi) is 4.84. The van der Waals surface area contributed by atoms with Crippen LogP contribution in [0, 0.1) is 0 Å². The number of rotatable bonds is 5. The molecule has 0 unspecified atom stereocenters. The van der Waals surface area contributed by atoms with Crippen LogP contribution in [0.1, 0.15) is 30.9 Å². The summed E-state index contributed by atoms with van der Waals surface area (Å²) in [6, 6.07) is 8.30. The third kappa shape index (κ3) is 4.13. The van der Waals surface area contributed by atoms with Crippen molar-refractivity contribution < 1.29 is 5.11 Å². The van der Waals surface area contributed by atoms with Gasteiger partial charge in [-0.25, -0.2) is 0 Å². The SMILES string of the molecule is CC(C)c1ccc(C=NNCCO)cc1. The van der Waals surface area contributed by atoms with E-state index in [0.717, 1.165) is 5.56 Å². The molecule has 1 rings (SSSR count). The van der Waals surface area contributed by atoms with Crippen LogP contribution in [0.3, 0.4) is 0 Å². The molecule has 15 heavy (non-hydrogen) atoms. The molecule has 0 fully saturated rings. The van der Waals surface area contributed by atoms with Crippen LogP contribution in [0.25, 0.3) is 0 Å². The summed E-state index contributed by atoms with van der Waals surface area (Å²) in [5, 5.41) is 12.5. The third-order valence-corrected chi connectivity index (χ3v) is 2.13. The molecule has 3 nitrogen and oxygen atoms in total. The predicted octanol–water partition coefficient (Wildman–Crippen LogP) is 1.73. The molecular formula is C12H18N2O. The highest BCUT2D eigenvalue weighted by Gasteiger charge is 1.96. The van der Waals surface area contributed by atoms with Gasteiger partial charge in [0.25, 0.3) is 0 Å². The number of benzene rings is 1. The van der Waals surface area contributed by atoms with E-state index >= 15 is 0 Å². The number of hydrogen-bond acceptors (Lipinski definition) is 3. The number of hydrazone groups is 1. The summed E-state index contributed by atoms with van der Waals surface area (Å²) in [6.45, 7) is 4.93. The summed E-state index contributed by atoms with van der Waals surface area (Å²) in [5.74, 6) is 0.559. The zero-order valence-corrected chi connectivity index (χ0v) is 9.27. The van der Waals surface area contributed by atoms with Gasteiger partial charge in [-0.1, -0.05) is 38.1 Å². The Morgan fingerprint density at radius 2 is 2.00 bits per heavy atom. The maximum Gasteiger partial charge on any atom is 0.0620 e. The molecular weight excluding hydrogens is 188 g/mol. The van der Waals surface area contributed by atoms with Crippen molar-refractivity contribution in [2.45, 2.75) is 19.8 Å². The van der Waals surface area contributed by atoms with Crippen LogP contribution >= 0.6 is 0 Å². The van der Waals surface area contributed by atoms with Crippen LogP contribution in [0.5, 0.6) is 0 Å². The Labute approximate surface area is 90.8 Å². The van der Waals surface area contributed by atoms with E-state index in [1.807, 2.05) is 12.1 Å². The van der Waals surface area contributed by atoms with Crippen molar-refractivity contribution >= 4 is 6.21 Å². The van der Waals surface area contributed by atoms with Crippen LogP contribution in [0.15, 0.2) is 29.4 Å². The van der Waals surface area contributed by atoms with Crippen molar-refractivity contribution in [3.05, 3.63) is 35.4 Å². The molecule has 0 saturated carbocycles. The lowest BCUT2D eigenvalue weighted by atomic mass is 10.0. The van der Waals surface area contributed by atoms with E-state index in [0.29, 0.717) is 12.5 Å². The molecule has 0 aliphatic heterocycles. The summed E-state index contributed by atoms with van der Waals surface area (Å²) in [6.07, 6.45) is 1.75. The Hall–Kier alpha value is -1.35. The maximum atomic E-state index is 8.52. The van der Waals surface area contributed by atoms with E-state index in [1.54, 1.807) is 6.21 Å². The van der Waals surface area contributed by atoms with Gasteiger partial charge in [-0.05, 0) is 17.0 Å². The second-order valence-electron chi connectivity index (χ2n) is 3.71. The normalized spacial score (nSPS) is 11.2. The van der Waals surface area contributed by atoms with Crippen LogP contribution < -0.4 is 5.43 Å². The molecule has 2 N–H and O–H groups in total. The lowest BCUT2D eigenvalue weighted by Gasteiger charge is -2.04. The number of aliphatic hydroxyl groups excluding tert-OH is 1. The standard InChI is InChI=1S/C12H18N2O/c1-10(2)12-5-3-11(4-6-12)9-14-13-7-8-15/h3-6,9-10,13,15H,7-8H2,1-2H3. The number of nitrogens with zero attached hydrogens (tertiary/aromatic N) is 1. The largest absolute Gasteiger partial charge is 0.394 e. The van der Waals surface area contributed by atoms with E-state index in [4.69, 9.17) is 5.11 Å². The molecule has 0 amide bonds. The van der Waals surface area contributed by atoms with Crippen LogP contribution in [-0.4, -0.2) is 24.5 Å². The molecule has 0 aromatic heterocycles. The molecule has 0 aliphatic rings. The second-order valence-corrected chi connectivity index (χ2v) is 3.71. The van der Waals surface area contributed by atoms with E-state index in [-0.39, 0.29) is 6.61 Å². The fourth-order valence-corrected chi connectivity index (χ4v) is 1.20. The minimum absolute atomic E-state index is 0.101. The van der Waals surface area contributed by atoms with Crippen molar-refractivity contribution in [1.82, 2.24) is 5.43 Å². The zero-order chi connectivity index (χ0) is 11.1. The highest BCUT2D eigenvalue weighted by Crippen LogP contribution is 2.13. The van der Waals surface area contributed by atoms with Crippen molar-refractivity contribution in [2.75, 3.05) is 13.2 Å². The Bertz CT molecular complexity index is 304. The third-order valence-electron chi connectivity index (χ3n) is 2.13. The van der Waals surface area contributed by atoms with Crippen molar-refractivity contribution in [2.24, 2.45) is 5.10 Å². The quantitative estimate of drug-likeness (QED) is 0.438. The fraction of sp³-hybridized carbons (Fsp3) is 0.417. The molecule has 1 aromatic carbocycles. The fourth-order valence-electron chi connectivity index (χ4n) is 1.20. The maximum absolute atomic E-state index is 8.52. The van der Waals surface area contributed by atoms with E-state index in [9.17, 15) is 0 Å². The first kappa shape index (κ1) is 11.7. The number of aliphatic hydroxyl groups is 1. The summed E-state index contributed by atoms with van der Waals surface area (Å²) in [7, 11) is 0. The molecule has 82 valence electrons. The highest BCUT2D eigenvalue weighted by molar-refractivity contribution is 5.79. The van der Waals surface area contributed by atoms with Gasteiger partial charge in [0.2, 0.25) is 0 Å². The van der Waals surface area contributed by atoms with Gasteiger partial charge in [0, 0.05) is 0 Å². The molecule has 0 aliphatic carbocycles. The average Bonchev–Trinajstić information content (AvgIpc) is 2.25. The van der Waals surface area contributed by atoms with E-state index in [2.05, 4.69) is 36.5 Å². The average molecular weight is 206 g/mol. The van der Waals surface area contributed by atoms with Crippen molar-refractivity contribution in [1.29, 1.82) is 0 Å². The van der Waals surface area contributed by atoms with Crippen LogP contribution in [0.2, 0.25) is 0 Å². The molecule has 0 spiro atoms. The van der Waals surface area contributed by atoms with E-state index in [1.165, 1.54) is 5.56 Å². The smallest absolute Gasteiger partial charge is 0.0620 e. The van der Waals surface area contributed by atoms with Gasteiger partial charge in [-0.3, -0.25) is 0 Å². The molecule has 3 heteroatoms. The minimum atomic E-state index is 0.101. The monoisotopic (exact) mass is 206 g/mol. The van der Waals surface area contributed by atoms with Crippen LogP contribution in [0.4, 0.5) is 0 Å². The Morgan fingerprint density at radius 3 is 2.53 bits per heavy atom. The lowest BCUT2D eigenvalue weighted by molar-refractivity contribution is 0.294. The number of nitrogens with one attached hydrogen (secondary N) is 1. The van der Waals surface area contributed by atoms with Gasteiger partial charge in [-0.15, -0.1) is 0 Å². The summed E-state index contributed by atoms with van der Waals surface area (Å²) >= 11 is 0. The Morgan fingerprint density at radius 1 is 1.33 bits per heavy atom. The van der Waals surface area contributed by atoms with Gasteiger partial charge in [0.1, 0.15) is 0 Å². The van der Waals surface area contributed by atoms with Gasteiger partial charge < -0.3 is 10.5 Å². The molecule has 0 heterocycles. The van der Waals surface area contributed by atoms with Gasteiger partial charge >= 0.3 is 0 Å². The van der Waals surface area contributed by atoms with Crippen molar-refractivity contribution in [3.63, 3.8) is 0 Å². The zero-order valence-electron chi connectivity index (χ0n) is 9.27. The Balaban J connectivity index is 2.53. The molecule has 0 saturated heterocycles. The summed E-state index contributed by atoms with van der Waals surface area (Å²) < 4.78 is 0. The number of hydrogen-bond donors (Lipinski definition) is 2. The summed E-state index contributed by atoms with van der Waals surface area (Å²) in [5.41, 5.74) is 5.13. The van der Waals surface area contributed by atoms with Gasteiger partial charge in [0.05, 0.1) is 19.4 Å². The molecule has 0 radical (unpaired) electrons. The first-order valence-electron chi connectivity index (χ1n) is 5.21. The predicted molar refractivity (Wildman–Crippen MR) is 63.2 cm³/mol. The van der Waals surface area contributed by atoms with Gasteiger partial charge in [0.15, 0.2) is 0 Å². The first-order chi connectivity index (χ1) is 7.24. The summed E-state index contributed by atoms with van der Waals surface area (Å²) in [4.78, 5) is 0. The topological polar surface area (TPSA) is 44.6 Å². The molecule has 0 atom stereocenters. The first-order valence-corrected chi connectivity index (χ1v) is 5.21. The molecule has 0 bridgehead atoms. The van der Waals surface area contributed by atoms with Gasteiger partial charge in [-0.2, -0.15) is 5.10 Å². The second kappa shape index (κ2) is 6.19. The van der Waals surface area contributed by atoms with Crippen LogP contribution in [-0.2, 0) is 0 Å². The molecule has 1 aromatic rings. The highest BCUT2D eigenvalue weighted by atomic mass is 16.3.